The molecule has 0 radical (unpaired) electrons. The number of benzene rings is 1. The van der Waals surface area contributed by atoms with Gasteiger partial charge in [0.15, 0.2) is 0 Å². The smallest absolute Gasteiger partial charge is 0.439 e. The molecule has 136 valence electrons. The number of halogens is 1. The second kappa shape index (κ2) is 6.82. The summed E-state index contributed by atoms with van der Waals surface area (Å²) >= 11 is 0. The number of primary amides is 1. The van der Waals surface area contributed by atoms with Crippen LogP contribution in [0.2, 0.25) is 0 Å². The molecule has 3 unspecified atom stereocenters. The first-order valence-electron chi connectivity index (χ1n) is 7.69. The third kappa shape index (κ3) is 3.08. The van der Waals surface area contributed by atoms with Gasteiger partial charge in [-0.3, -0.25) is 4.79 Å². The third-order valence-electron chi connectivity index (χ3n) is 4.22. The predicted molar refractivity (Wildman–Crippen MR) is 87.3 cm³/mol. The van der Waals surface area contributed by atoms with Crippen molar-refractivity contribution in [2.45, 2.75) is 19.1 Å². The minimum absolute atomic E-state index is 0.0388. The first-order chi connectivity index (χ1) is 12.4. The molecule has 9 nitrogen and oxygen atoms in total. The van der Waals surface area contributed by atoms with E-state index in [1.165, 1.54) is 24.0 Å². The van der Waals surface area contributed by atoms with Crippen LogP contribution in [0, 0.1) is 5.92 Å². The fourth-order valence-electron chi connectivity index (χ4n) is 2.77. The zero-order chi connectivity index (χ0) is 18.8. The van der Waals surface area contributed by atoms with Crippen LogP contribution < -0.4 is 5.73 Å². The number of cyclic esters (lactones) is 1. The average Bonchev–Trinajstić information content (AvgIpc) is 3.20. The van der Waals surface area contributed by atoms with Gasteiger partial charge in [0.2, 0.25) is 5.91 Å². The van der Waals surface area contributed by atoms with Gasteiger partial charge >= 0.3 is 6.09 Å². The van der Waals surface area contributed by atoms with Crippen molar-refractivity contribution in [1.82, 2.24) is 14.9 Å². The molecule has 0 saturated carbocycles. The minimum atomic E-state index is -1.16. The molecule has 1 fully saturated rings. The number of ether oxygens (including phenoxy) is 1. The van der Waals surface area contributed by atoms with E-state index >= 15 is 0 Å². The topological polar surface area (TPSA) is 123 Å². The molecule has 1 aliphatic rings. The van der Waals surface area contributed by atoms with Crippen molar-refractivity contribution in [1.29, 1.82) is 0 Å². The van der Waals surface area contributed by atoms with E-state index in [0.29, 0.717) is 16.8 Å². The van der Waals surface area contributed by atoms with Crippen LogP contribution in [0.5, 0.6) is 0 Å². The molecule has 26 heavy (non-hydrogen) atoms. The summed E-state index contributed by atoms with van der Waals surface area (Å²) < 4.78 is 20.7. The fraction of sp³-hybridized carbons (Fsp3) is 0.250. The Balaban J connectivity index is 1.88. The molecule has 2 aromatic rings. The Hall–Kier alpha value is -3.43. The highest BCUT2D eigenvalue weighted by Gasteiger charge is 2.47. The Bertz CT molecular complexity index is 851. The number of hydrogen-bond donors (Lipinski definition) is 2. The molecule has 3 N–H and O–H groups in total. The Morgan fingerprint density at radius 2 is 2.15 bits per heavy atom. The van der Waals surface area contributed by atoms with Crippen LogP contribution in [0.15, 0.2) is 41.8 Å². The number of nitrogens with zero attached hydrogens (tertiary/aromatic N) is 4. The first-order valence-corrected chi connectivity index (χ1v) is 7.69. The maximum absolute atomic E-state index is 14.2. The van der Waals surface area contributed by atoms with Crippen molar-refractivity contribution in [3.05, 3.63) is 47.8 Å². The average molecular weight is 361 g/mol. The lowest BCUT2D eigenvalue weighted by Gasteiger charge is -2.22. The summed E-state index contributed by atoms with van der Waals surface area (Å²) in [5.41, 5.74) is 6.97. The summed E-state index contributed by atoms with van der Waals surface area (Å²) in [4.78, 5) is 23.0. The second-order valence-electron chi connectivity index (χ2n) is 5.85. The summed E-state index contributed by atoms with van der Waals surface area (Å²) in [5.74, 6) is -1.54. The quantitative estimate of drug-likeness (QED) is 0.362. The van der Waals surface area contributed by atoms with E-state index in [1.54, 1.807) is 30.5 Å². The largest absolute Gasteiger partial charge is 0.441 e. The number of oxime groups is 1. The number of amides is 2. The van der Waals surface area contributed by atoms with E-state index in [9.17, 15) is 14.1 Å². The van der Waals surface area contributed by atoms with E-state index in [-0.39, 0.29) is 5.12 Å². The van der Waals surface area contributed by atoms with Crippen molar-refractivity contribution in [2.75, 3.05) is 0 Å². The van der Waals surface area contributed by atoms with Crippen LogP contribution in [0.25, 0.3) is 5.69 Å². The SMILES string of the molecule is CC(C(N)=O)C1OC(=O)N(F)C1c1ccc(-n2cc(C=NO)cn2)cc1. The number of nitrogens with two attached hydrogens (primary N) is 1. The molecule has 10 heteroatoms. The van der Waals surface area contributed by atoms with Gasteiger partial charge in [0.05, 0.1) is 24.0 Å². The first kappa shape index (κ1) is 17.4. The lowest BCUT2D eigenvalue weighted by atomic mass is 9.92. The maximum atomic E-state index is 14.2. The molecule has 2 amide bonds. The highest BCUT2D eigenvalue weighted by atomic mass is 19.2. The zero-order valence-electron chi connectivity index (χ0n) is 13.7. The molecule has 3 atom stereocenters. The lowest BCUT2D eigenvalue weighted by molar-refractivity contribution is -0.124. The van der Waals surface area contributed by atoms with E-state index in [2.05, 4.69) is 10.3 Å². The van der Waals surface area contributed by atoms with Crippen LogP contribution in [0.3, 0.4) is 0 Å². The molecular weight excluding hydrogens is 345 g/mol. The van der Waals surface area contributed by atoms with E-state index in [1.807, 2.05) is 0 Å². The van der Waals surface area contributed by atoms with Crippen molar-refractivity contribution in [3.8, 4) is 5.69 Å². The van der Waals surface area contributed by atoms with Gasteiger partial charge < -0.3 is 15.7 Å². The van der Waals surface area contributed by atoms with E-state index in [4.69, 9.17) is 15.7 Å². The highest BCUT2D eigenvalue weighted by molar-refractivity contribution is 5.79. The van der Waals surface area contributed by atoms with Crippen LogP contribution in [0.1, 0.15) is 24.1 Å². The third-order valence-corrected chi connectivity index (χ3v) is 4.22. The molecule has 1 aromatic heterocycles. The standard InChI is InChI=1S/C16H16FN5O4/c1-9(15(18)23)14-13(22(17)16(24)26-14)11-2-4-12(5-3-11)21-8-10(6-19-21)7-20-25/h2-9,13-14,25H,1H3,(H2,18,23). The van der Waals surface area contributed by atoms with Crippen molar-refractivity contribution in [2.24, 2.45) is 16.8 Å². The summed E-state index contributed by atoms with van der Waals surface area (Å²) in [7, 11) is 0. The number of rotatable bonds is 5. The van der Waals surface area contributed by atoms with Gasteiger partial charge in [0.25, 0.3) is 0 Å². The predicted octanol–water partition coefficient (Wildman–Crippen LogP) is 1.55. The Labute approximate surface area is 147 Å². The number of aromatic nitrogens is 2. The summed E-state index contributed by atoms with van der Waals surface area (Å²) in [5, 5.41) is 15.5. The van der Waals surface area contributed by atoms with Crippen LogP contribution in [-0.2, 0) is 9.53 Å². The molecular formula is C16H16FN5O4. The van der Waals surface area contributed by atoms with Crippen LogP contribution >= 0.6 is 0 Å². The second-order valence-corrected chi connectivity index (χ2v) is 5.85. The van der Waals surface area contributed by atoms with Crippen molar-refractivity contribution in [3.63, 3.8) is 0 Å². The van der Waals surface area contributed by atoms with Crippen LogP contribution in [0.4, 0.5) is 9.28 Å². The molecule has 0 bridgehead atoms. The van der Waals surface area contributed by atoms with Crippen molar-refractivity contribution >= 4 is 18.2 Å². The monoisotopic (exact) mass is 361 g/mol. The number of hydrogen-bond acceptors (Lipinski definition) is 6. The Morgan fingerprint density at radius 1 is 1.46 bits per heavy atom. The Morgan fingerprint density at radius 3 is 2.77 bits per heavy atom. The summed E-state index contributed by atoms with van der Waals surface area (Å²) in [6, 6.07) is 5.48. The highest BCUT2D eigenvalue weighted by Crippen LogP contribution is 2.37. The zero-order valence-corrected chi connectivity index (χ0v) is 13.7. The molecule has 0 aliphatic carbocycles. The van der Waals surface area contributed by atoms with Gasteiger partial charge in [0.1, 0.15) is 12.1 Å². The lowest BCUT2D eigenvalue weighted by Crippen LogP contribution is -2.35. The van der Waals surface area contributed by atoms with Gasteiger partial charge in [-0.25, -0.2) is 9.48 Å². The molecule has 1 aliphatic heterocycles. The molecule has 3 rings (SSSR count). The summed E-state index contributed by atoms with van der Waals surface area (Å²) in [6.07, 6.45) is 2.20. The fourth-order valence-corrected chi connectivity index (χ4v) is 2.77. The van der Waals surface area contributed by atoms with E-state index < -0.39 is 30.1 Å². The van der Waals surface area contributed by atoms with Crippen molar-refractivity contribution < 1.29 is 24.0 Å². The molecule has 0 spiro atoms. The number of carbonyl (C=O) groups is 2. The Kier molecular flexibility index (Phi) is 4.57. The van der Waals surface area contributed by atoms with Gasteiger partial charge in [-0.15, -0.1) is 5.12 Å². The van der Waals surface area contributed by atoms with Gasteiger partial charge in [0, 0.05) is 11.8 Å². The van der Waals surface area contributed by atoms with E-state index in [0.717, 1.165) is 0 Å². The molecule has 2 heterocycles. The van der Waals surface area contributed by atoms with Gasteiger partial charge in [-0.05, 0) is 24.6 Å². The number of carbonyl (C=O) groups excluding carboxylic acids is 2. The minimum Gasteiger partial charge on any atom is -0.441 e. The maximum Gasteiger partial charge on any atom is 0.439 e. The van der Waals surface area contributed by atoms with Crippen LogP contribution in [-0.4, -0.2) is 44.4 Å². The molecule has 1 aromatic carbocycles. The molecule has 1 saturated heterocycles. The van der Waals surface area contributed by atoms with Gasteiger partial charge in [-0.2, -0.15) is 5.10 Å². The normalized spacial score (nSPS) is 21.2. The van der Waals surface area contributed by atoms with Gasteiger partial charge in [-0.1, -0.05) is 21.8 Å². The summed E-state index contributed by atoms with van der Waals surface area (Å²) in [6.45, 7) is 1.48.